The second-order valence-corrected chi connectivity index (χ2v) is 4.41. The van der Waals surface area contributed by atoms with Crippen molar-refractivity contribution in [2.45, 2.75) is 26.3 Å². The number of aldehydes is 1. The molecule has 80 valence electrons. The molecule has 0 saturated carbocycles. The summed E-state index contributed by atoms with van der Waals surface area (Å²) < 4.78 is 0. The van der Waals surface area contributed by atoms with Gasteiger partial charge in [-0.2, -0.15) is 0 Å². The quantitative estimate of drug-likeness (QED) is 0.751. The van der Waals surface area contributed by atoms with Crippen molar-refractivity contribution in [3.63, 3.8) is 0 Å². The highest BCUT2D eigenvalue weighted by molar-refractivity contribution is 6.01. The Morgan fingerprint density at radius 2 is 1.87 bits per heavy atom. The fraction of sp³-hybridized carbons (Fsp3) is 0.333. The van der Waals surface area contributed by atoms with E-state index in [9.17, 15) is 9.59 Å². The van der Waals surface area contributed by atoms with Crippen LogP contribution in [0.4, 0.5) is 0 Å². The van der Waals surface area contributed by atoms with Crippen molar-refractivity contribution in [1.82, 2.24) is 5.32 Å². The topological polar surface area (TPSA) is 46.2 Å². The zero-order chi connectivity index (χ0) is 11.5. The van der Waals surface area contributed by atoms with Gasteiger partial charge in [0.25, 0.3) is 5.91 Å². The largest absolute Gasteiger partial charge is 0.347 e. The molecule has 0 bridgehead atoms. The maximum absolute atomic E-state index is 11.8. The van der Waals surface area contributed by atoms with Crippen LogP contribution in [0.25, 0.3) is 0 Å². The molecule has 1 aromatic carbocycles. The average molecular weight is 205 g/mol. The highest BCUT2D eigenvalue weighted by Gasteiger charge is 2.16. The smallest absolute Gasteiger partial charge is 0.252 e. The van der Waals surface area contributed by atoms with Crippen LogP contribution in [0, 0.1) is 0 Å². The molecule has 0 atom stereocenters. The molecule has 3 heteroatoms. The van der Waals surface area contributed by atoms with Gasteiger partial charge in [-0.1, -0.05) is 18.2 Å². The van der Waals surface area contributed by atoms with Crippen LogP contribution in [0.3, 0.4) is 0 Å². The normalized spacial score (nSPS) is 10.9. The summed E-state index contributed by atoms with van der Waals surface area (Å²) in [5, 5.41) is 2.81. The zero-order valence-electron chi connectivity index (χ0n) is 9.20. The first-order valence-electron chi connectivity index (χ1n) is 4.81. The van der Waals surface area contributed by atoms with E-state index >= 15 is 0 Å². The molecule has 0 fully saturated rings. The summed E-state index contributed by atoms with van der Waals surface area (Å²) in [5.41, 5.74) is 0.536. The van der Waals surface area contributed by atoms with Crippen LogP contribution in [0.1, 0.15) is 41.5 Å². The lowest BCUT2D eigenvalue weighted by Crippen LogP contribution is -2.40. The van der Waals surface area contributed by atoms with Gasteiger partial charge in [-0.3, -0.25) is 9.59 Å². The fourth-order valence-electron chi connectivity index (χ4n) is 1.21. The molecule has 15 heavy (non-hydrogen) atoms. The molecule has 3 nitrogen and oxygen atoms in total. The highest BCUT2D eigenvalue weighted by Crippen LogP contribution is 2.08. The van der Waals surface area contributed by atoms with Crippen molar-refractivity contribution in [3.05, 3.63) is 35.4 Å². The van der Waals surface area contributed by atoms with Crippen LogP contribution in [0.5, 0.6) is 0 Å². The molecule has 1 amide bonds. The van der Waals surface area contributed by atoms with Gasteiger partial charge in [-0.25, -0.2) is 0 Å². The van der Waals surface area contributed by atoms with E-state index < -0.39 is 0 Å². The monoisotopic (exact) mass is 205 g/mol. The standard InChI is InChI=1S/C12H15NO2/c1-12(2,3)13-11(15)10-7-5-4-6-9(10)8-14/h4-8H,1-3H3,(H,13,15). The number of benzene rings is 1. The minimum Gasteiger partial charge on any atom is -0.347 e. The Morgan fingerprint density at radius 3 is 2.40 bits per heavy atom. The molecule has 1 rings (SSSR count). The Bertz CT molecular complexity index is 377. The third-order valence-electron chi connectivity index (χ3n) is 1.82. The predicted molar refractivity (Wildman–Crippen MR) is 59.0 cm³/mol. The summed E-state index contributed by atoms with van der Waals surface area (Å²) in [6.07, 6.45) is 0.692. The maximum Gasteiger partial charge on any atom is 0.252 e. The number of carbonyl (C=O) groups is 2. The van der Waals surface area contributed by atoms with Crippen LogP contribution in [-0.4, -0.2) is 17.7 Å². The van der Waals surface area contributed by atoms with Gasteiger partial charge in [0.1, 0.15) is 0 Å². The summed E-state index contributed by atoms with van der Waals surface area (Å²) in [5.74, 6) is -0.217. The van der Waals surface area contributed by atoms with Gasteiger partial charge in [0.05, 0.1) is 0 Å². The first kappa shape index (κ1) is 11.4. The molecule has 0 heterocycles. The minimum atomic E-state index is -0.299. The van der Waals surface area contributed by atoms with E-state index in [1.165, 1.54) is 0 Å². The summed E-state index contributed by atoms with van der Waals surface area (Å²) >= 11 is 0. The summed E-state index contributed by atoms with van der Waals surface area (Å²) in [7, 11) is 0. The van der Waals surface area contributed by atoms with Crippen LogP contribution in [0.15, 0.2) is 24.3 Å². The van der Waals surface area contributed by atoms with E-state index in [2.05, 4.69) is 5.32 Å². The second-order valence-electron chi connectivity index (χ2n) is 4.41. The first-order valence-corrected chi connectivity index (χ1v) is 4.81. The third kappa shape index (κ3) is 3.20. The Balaban J connectivity index is 2.96. The molecule has 0 aromatic heterocycles. The molecule has 0 aliphatic carbocycles. The number of nitrogens with one attached hydrogen (secondary N) is 1. The number of carbonyl (C=O) groups excluding carboxylic acids is 2. The lowest BCUT2D eigenvalue weighted by Gasteiger charge is -2.20. The molecule has 0 spiro atoms. The molecular formula is C12H15NO2. The first-order chi connectivity index (χ1) is 6.94. The molecule has 0 aliphatic heterocycles. The van der Waals surface area contributed by atoms with Gasteiger partial charge >= 0.3 is 0 Å². The Hall–Kier alpha value is -1.64. The summed E-state index contributed by atoms with van der Waals surface area (Å²) in [6.45, 7) is 5.69. The van der Waals surface area contributed by atoms with E-state index in [-0.39, 0.29) is 11.4 Å². The van der Waals surface area contributed by atoms with Crippen molar-refractivity contribution in [3.8, 4) is 0 Å². The van der Waals surface area contributed by atoms with Crippen LogP contribution < -0.4 is 5.32 Å². The van der Waals surface area contributed by atoms with E-state index in [0.717, 1.165) is 0 Å². The highest BCUT2D eigenvalue weighted by atomic mass is 16.2. The van der Waals surface area contributed by atoms with Crippen LogP contribution in [-0.2, 0) is 0 Å². The van der Waals surface area contributed by atoms with E-state index in [0.29, 0.717) is 17.4 Å². The average Bonchev–Trinajstić information content (AvgIpc) is 2.15. The summed E-state index contributed by atoms with van der Waals surface area (Å²) in [4.78, 5) is 22.5. The van der Waals surface area contributed by atoms with Gasteiger partial charge in [0, 0.05) is 16.7 Å². The van der Waals surface area contributed by atoms with Crippen molar-refractivity contribution in [1.29, 1.82) is 0 Å². The lowest BCUT2D eigenvalue weighted by molar-refractivity contribution is 0.0914. The SMILES string of the molecule is CC(C)(C)NC(=O)c1ccccc1C=O. The number of hydrogen-bond acceptors (Lipinski definition) is 2. The van der Waals surface area contributed by atoms with Gasteiger partial charge < -0.3 is 5.32 Å². The molecule has 0 unspecified atom stereocenters. The number of hydrogen-bond donors (Lipinski definition) is 1. The molecular weight excluding hydrogens is 190 g/mol. The predicted octanol–water partition coefficient (Wildman–Crippen LogP) is 2.03. The van der Waals surface area contributed by atoms with Gasteiger partial charge in [-0.15, -0.1) is 0 Å². The van der Waals surface area contributed by atoms with Crippen LogP contribution >= 0.6 is 0 Å². The zero-order valence-corrected chi connectivity index (χ0v) is 9.20. The van der Waals surface area contributed by atoms with Crippen molar-refractivity contribution in [2.24, 2.45) is 0 Å². The molecule has 1 aromatic rings. The minimum absolute atomic E-state index is 0.217. The van der Waals surface area contributed by atoms with Crippen molar-refractivity contribution >= 4 is 12.2 Å². The van der Waals surface area contributed by atoms with Gasteiger partial charge in [-0.05, 0) is 26.8 Å². The van der Waals surface area contributed by atoms with Gasteiger partial charge in [0.2, 0.25) is 0 Å². The van der Waals surface area contributed by atoms with Crippen molar-refractivity contribution in [2.75, 3.05) is 0 Å². The van der Waals surface area contributed by atoms with Gasteiger partial charge in [0.15, 0.2) is 6.29 Å². The molecule has 0 radical (unpaired) electrons. The maximum atomic E-state index is 11.8. The number of rotatable bonds is 2. The second kappa shape index (κ2) is 4.26. The van der Waals surface area contributed by atoms with E-state index in [4.69, 9.17) is 0 Å². The fourth-order valence-corrected chi connectivity index (χ4v) is 1.21. The van der Waals surface area contributed by atoms with E-state index in [1.807, 2.05) is 20.8 Å². The molecule has 0 saturated heterocycles. The lowest BCUT2D eigenvalue weighted by atomic mass is 10.0. The molecule has 0 aliphatic rings. The third-order valence-corrected chi connectivity index (χ3v) is 1.82. The molecule has 1 N–H and O–H groups in total. The van der Waals surface area contributed by atoms with Crippen molar-refractivity contribution < 1.29 is 9.59 Å². The number of amides is 1. The Labute approximate surface area is 89.5 Å². The van der Waals surface area contributed by atoms with Crippen LogP contribution in [0.2, 0.25) is 0 Å². The summed E-state index contributed by atoms with van der Waals surface area (Å²) in [6, 6.07) is 6.75. The Kier molecular flexibility index (Phi) is 3.24. The Morgan fingerprint density at radius 1 is 1.27 bits per heavy atom. The van der Waals surface area contributed by atoms with E-state index in [1.54, 1.807) is 24.3 Å².